The summed E-state index contributed by atoms with van der Waals surface area (Å²) in [4.78, 5) is 3.15. The largest absolute Gasteiger partial charge is 0.330 e. The number of benzene rings is 2. The molecular weight excluding hydrogens is 367 g/mol. The van der Waals surface area contributed by atoms with Crippen LogP contribution in [0.5, 0.6) is 0 Å². The second-order valence-corrected chi connectivity index (χ2v) is 6.09. The number of fused-ring (bicyclic) bond motifs is 1. The van der Waals surface area contributed by atoms with Crippen molar-refractivity contribution in [3.05, 3.63) is 55.7 Å². The number of halogens is 3. The number of H-pyrrole nitrogens is 1. The zero-order valence-corrected chi connectivity index (χ0v) is 13.4. The number of hydrogen-bond acceptors (Lipinski definition) is 1. The molecule has 3 rings (SSSR count). The maximum Gasteiger partial charge on any atom is 0.182 e. The predicted molar refractivity (Wildman–Crippen MR) is 86.2 cm³/mol. The van der Waals surface area contributed by atoms with E-state index in [1.165, 1.54) is 0 Å². The molecule has 0 spiro atoms. The van der Waals surface area contributed by atoms with E-state index >= 15 is 0 Å². The van der Waals surface area contributed by atoms with E-state index < -0.39 is 0 Å². The van der Waals surface area contributed by atoms with E-state index in [2.05, 4.69) is 20.9 Å². The number of hydrogen-bond donors (Lipinski definition) is 1. The lowest BCUT2D eigenvalue weighted by atomic mass is 10.3. The van der Waals surface area contributed by atoms with Crippen LogP contribution in [0.15, 0.2) is 40.9 Å². The molecule has 0 fully saturated rings. The first-order valence-corrected chi connectivity index (χ1v) is 7.38. The fourth-order valence-electron chi connectivity index (χ4n) is 1.98. The fraction of sp³-hybridized carbons (Fsp3) is 0. The molecule has 0 atom stereocenters. The van der Waals surface area contributed by atoms with Crippen LogP contribution in [0.25, 0.3) is 16.7 Å². The van der Waals surface area contributed by atoms with Gasteiger partial charge in [0.2, 0.25) is 0 Å². The van der Waals surface area contributed by atoms with E-state index in [4.69, 9.17) is 35.4 Å². The van der Waals surface area contributed by atoms with Gasteiger partial charge >= 0.3 is 0 Å². The molecule has 1 N–H and O–H groups in total. The molecule has 0 saturated heterocycles. The quantitative estimate of drug-likeness (QED) is 0.538. The van der Waals surface area contributed by atoms with Crippen molar-refractivity contribution in [3.8, 4) is 5.69 Å². The van der Waals surface area contributed by atoms with E-state index in [0.29, 0.717) is 14.8 Å². The summed E-state index contributed by atoms with van der Waals surface area (Å²) in [7, 11) is 0. The van der Waals surface area contributed by atoms with Gasteiger partial charge in [-0.15, -0.1) is 0 Å². The second kappa shape index (κ2) is 4.94. The van der Waals surface area contributed by atoms with Gasteiger partial charge < -0.3 is 4.98 Å². The Hall–Kier alpha value is -0.810. The molecule has 2 aromatic carbocycles. The molecule has 1 aromatic heterocycles. The van der Waals surface area contributed by atoms with Gasteiger partial charge in [0.25, 0.3) is 0 Å². The van der Waals surface area contributed by atoms with Crippen molar-refractivity contribution in [2.24, 2.45) is 0 Å². The van der Waals surface area contributed by atoms with E-state index in [-0.39, 0.29) is 0 Å². The molecule has 0 bridgehead atoms. The molecule has 0 aliphatic carbocycles. The molecule has 0 saturated carbocycles. The second-order valence-electron chi connectivity index (χ2n) is 4.00. The molecule has 0 radical (unpaired) electrons. The Morgan fingerprint density at radius 1 is 1.16 bits per heavy atom. The highest BCUT2D eigenvalue weighted by Crippen LogP contribution is 2.31. The van der Waals surface area contributed by atoms with Crippen LogP contribution in [0.2, 0.25) is 10.0 Å². The maximum atomic E-state index is 6.27. The molecule has 6 heteroatoms. The van der Waals surface area contributed by atoms with Crippen LogP contribution < -0.4 is 0 Å². The van der Waals surface area contributed by atoms with Crippen molar-refractivity contribution in [1.82, 2.24) is 9.55 Å². The van der Waals surface area contributed by atoms with Gasteiger partial charge in [-0.3, -0.25) is 4.57 Å². The zero-order chi connectivity index (χ0) is 13.6. The number of aromatic nitrogens is 2. The minimum absolute atomic E-state index is 0.487. The van der Waals surface area contributed by atoms with Crippen LogP contribution in [0, 0.1) is 4.77 Å². The van der Waals surface area contributed by atoms with Crippen LogP contribution >= 0.6 is 51.3 Å². The summed E-state index contributed by atoms with van der Waals surface area (Å²) in [6.07, 6.45) is 0. The molecule has 1 heterocycles. The van der Waals surface area contributed by atoms with E-state index in [1.54, 1.807) is 6.07 Å². The van der Waals surface area contributed by atoms with Gasteiger partial charge in [-0.05, 0) is 42.5 Å². The third-order valence-corrected chi connectivity index (χ3v) is 4.40. The van der Waals surface area contributed by atoms with Gasteiger partial charge in [0.1, 0.15) is 0 Å². The van der Waals surface area contributed by atoms with Gasteiger partial charge in [-0.2, -0.15) is 0 Å². The predicted octanol–water partition coefficient (Wildman–Crippen LogP) is 5.76. The van der Waals surface area contributed by atoms with Crippen molar-refractivity contribution in [3.63, 3.8) is 0 Å². The van der Waals surface area contributed by atoms with Gasteiger partial charge in [-0.25, -0.2) is 0 Å². The van der Waals surface area contributed by atoms with Gasteiger partial charge in [0, 0.05) is 4.47 Å². The highest BCUT2D eigenvalue weighted by Gasteiger charge is 2.11. The summed E-state index contributed by atoms with van der Waals surface area (Å²) in [5.74, 6) is 0. The zero-order valence-electron chi connectivity index (χ0n) is 9.45. The summed E-state index contributed by atoms with van der Waals surface area (Å²) < 4.78 is 3.43. The minimum atomic E-state index is 0.487. The monoisotopic (exact) mass is 372 g/mol. The first-order chi connectivity index (χ1) is 9.08. The SMILES string of the molecule is S=c1[nH]c2ccc(Br)cc2n1-c1cccc(Cl)c1Cl. The third kappa shape index (κ3) is 2.23. The smallest absolute Gasteiger partial charge is 0.182 e. The van der Waals surface area contributed by atoms with Crippen LogP contribution in [0.1, 0.15) is 0 Å². The van der Waals surface area contributed by atoms with Crippen molar-refractivity contribution < 1.29 is 0 Å². The van der Waals surface area contributed by atoms with Crippen LogP contribution in [0.3, 0.4) is 0 Å². The summed E-state index contributed by atoms with van der Waals surface area (Å²) in [5.41, 5.74) is 2.66. The lowest BCUT2D eigenvalue weighted by molar-refractivity contribution is 1.06. The minimum Gasteiger partial charge on any atom is -0.330 e. The molecule has 3 aromatic rings. The normalized spacial score (nSPS) is 11.1. The molecule has 0 amide bonds. The number of rotatable bonds is 1. The molecule has 96 valence electrons. The van der Waals surface area contributed by atoms with Crippen LogP contribution in [-0.2, 0) is 0 Å². The Kier molecular flexibility index (Phi) is 3.43. The Balaban J connectivity index is 2.42. The average Bonchev–Trinajstić information content (AvgIpc) is 2.69. The van der Waals surface area contributed by atoms with Crippen LogP contribution in [-0.4, -0.2) is 9.55 Å². The molecule has 19 heavy (non-hydrogen) atoms. The Morgan fingerprint density at radius 3 is 2.74 bits per heavy atom. The highest BCUT2D eigenvalue weighted by molar-refractivity contribution is 9.10. The van der Waals surface area contributed by atoms with E-state index in [9.17, 15) is 0 Å². The molecule has 0 unspecified atom stereocenters. The van der Waals surface area contributed by atoms with Crippen LogP contribution in [0.4, 0.5) is 0 Å². The summed E-state index contributed by atoms with van der Waals surface area (Å²) in [5, 5.41) is 0.992. The summed E-state index contributed by atoms with van der Waals surface area (Å²) >= 11 is 21.2. The Bertz CT molecular complexity index is 838. The average molecular weight is 374 g/mol. The maximum absolute atomic E-state index is 6.27. The van der Waals surface area contributed by atoms with Crippen molar-refractivity contribution in [1.29, 1.82) is 0 Å². The lowest BCUT2D eigenvalue weighted by Gasteiger charge is -2.08. The third-order valence-electron chi connectivity index (χ3n) is 2.82. The summed E-state index contributed by atoms with van der Waals surface area (Å²) in [6.45, 7) is 0. The summed E-state index contributed by atoms with van der Waals surface area (Å²) in [6, 6.07) is 11.4. The Morgan fingerprint density at radius 2 is 1.95 bits per heavy atom. The van der Waals surface area contributed by atoms with E-state index in [0.717, 1.165) is 21.2 Å². The molecule has 0 aliphatic heterocycles. The van der Waals surface area contributed by atoms with Crippen molar-refractivity contribution >= 4 is 62.4 Å². The number of imidazole rings is 1. The first-order valence-electron chi connectivity index (χ1n) is 5.42. The van der Waals surface area contributed by atoms with Gasteiger partial charge in [0.15, 0.2) is 4.77 Å². The fourth-order valence-corrected chi connectivity index (χ4v) is 3.02. The molecule has 0 aliphatic rings. The topological polar surface area (TPSA) is 20.7 Å². The molecular formula is C13H7BrCl2N2S. The van der Waals surface area contributed by atoms with Crippen molar-refractivity contribution in [2.75, 3.05) is 0 Å². The van der Waals surface area contributed by atoms with E-state index in [1.807, 2.05) is 34.9 Å². The van der Waals surface area contributed by atoms with Crippen molar-refractivity contribution in [2.45, 2.75) is 0 Å². The highest BCUT2D eigenvalue weighted by atomic mass is 79.9. The van der Waals surface area contributed by atoms with Gasteiger partial charge in [0.05, 0.1) is 26.8 Å². The first kappa shape index (κ1) is 13.2. The lowest BCUT2D eigenvalue weighted by Crippen LogP contribution is -1.95. The Labute approximate surface area is 133 Å². The standard InChI is InChI=1S/C13H7BrCl2N2S/c14-7-4-5-9-11(6-7)18(13(19)17-9)10-3-1-2-8(15)12(10)16/h1-6H,(H,17,19). The van der Waals surface area contributed by atoms with Gasteiger partial charge in [-0.1, -0.05) is 45.2 Å². The molecule has 2 nitrogen and oxygen atoms in total. The number of aromatic amines is 1. The number of nitrogens with zero attached hydrogens (tertiary/aromatic N) is 1. The number of nitrogens with one attached hydrogen (secondary N) is 1.